The molecule has 0 heterocycles. The first kappa shape index (κ1) is 13.4. The van der Waals surface area contributed by atoms with Crippen molar-refractivity contribution in [2.24, 2.45) is 5.73 Å². The fourth-order valence-electron chi connectivity index (χ4n) is 1.45. The van der Waals surface area contributed by atoms with Crippen LogP contribution in [0, 0.1) is 0 Å². The lowest BCUT2D eigenvalue weighted by molar-refractivity contribution is -0.138. The first-order valence-electron chi connectivity index (χ1n) is 5.76. The van der Waals surface area contributed by atoms with Crippen molar-refractivity contribution in [2.45, 2.75) is 25.8 Å². The Morgan fingerprint density at radius 3 is 2.53 bits per heavy atom. The van der Waals surface area contributed by atoms with E-state index in [2.05, 4.69) is 5.32 Å². The van der Waals surface area contributed by atoms with Gasteiger partial charge in [0.05, 0.1) is 6.04 Å². The third-order valence-electron chi connectivity index (χ3n) is 2.39. The maximum Gasteiger partial charge on any atom is 0.289 e. The second kappa shape index (κ2) is 6.81. The number of benzene rings is 1. The van der Waals surface area contributed by atoms with E-state index < -0.39 is 17.7 Å². The quantitative estimate of drug-likeness (QED) is 0.710. The van der Waals surface area contributed by atoms with E-state index in [0.29, 0.717) is 13.0 Å². The summed E-state index contributed by atoms with van der Waals surface area (Å²) in [6, 6.07) is 8.65. The fraction of sp³-hybridized carbons (Fsp3) is 0.385. The van der Waals surface area contributed by atoms with Crippen LogP contribution in [0.3, 0.4) is 0 Å². The number of rotatable bonds is 6. The zero-order chi connectivity index (χ0) is 12.7. The maximum absolute atomic E-state index is 11.6. The Hall–Kier alpha value is -1.68. The van der Waals surface area contributed by atoms with Crippen molar-refractivity contribution in [2.75, 3.05) is 6.54 Å². The van der Waals surface area contributed by atoms with Gasteiger partial charge < -0.3 is 11.1 Å². The Bertz CT molecular complexity index is 376. The molecular formula is C13H18N2O2. The van der Waals surface area contributed by atoms with Gasteiger partial charge in [-0.05, 0) is 18.4 Å². The van der Waals surface area contributed by atoms with Crippen LogP contribution in [0.15, 0.2) is 30.3 Å². The number of amides is 1. The van der Waals surface area contributed by atoms with E-state index in [4.69, 9.17) is 5.73 Å². The Balaban J connectivity index is 2.50. The van der Waals surface area contributed by atoms with Crippen molar-refractivity contribution in [1.29, 1.82) is 0 Å². The van der Waals surface area contributed by atoms with Crippen molar-refractivity contribution in [3.63, 3.8) is 0 Å². The van der Waals surface area contributed by atoms with Gasteiger partial charge in [-0.15, -0.1) is 0 Å². The van der Waals surface area contributed by atoms with Crippen LogP contribution in [0.1, 0.15) is 18.9 Å². The molecule has 0 spiro atoms. The van der Waals surface area contributed by atoms with Gasteiger partial charge in [-0.1, -0.05) is 37.3 Å². The Kier molecular flexibility index (Phi) is 5.36. The summed E-state index contributed by atoms with van der Waals surface area (Å²) < 4.78 is 0. The number of Topliss-reactive ketones (excluding diaryl/α,β-unsaturated/α-hetero) is 1. The van der Waals surface area contributed by atoms with E-state index in [1.165, 1.54) is 0 Å². The lowest BCUT2D eigenvalue weighted by atomic mass is 10.0. The summed E-state index contributed by atoms with van der Waals surface area (Å²) in [5, 5.41) is 2.53. The van der Waals surface area contributed by atoms with Crippen LogP contribution in [0.25, 0.3) is 0 Å². The topological polar surface area (TPSA) is 72.2 Å². The minimum atomic E-state index is -0.769. The first-order valence-corrected chi connectivity index (χ1v) is 5.76. The summed E-state index contributed by atoms with van der Waals surface area (Å²) in [4.78, 5) is 23.0. The van der Waals surface area contributed by atoms with Gasteiger partial charge in [0.15, 0.2) is 0 Å². The molecule has 0 unspecified atom stereocenters. The van der Waals surface area contributed by atoms with Crippen molar-refractivity contribution in [3.05, 3.63) is 35.9 Å². The zero-order valence-electron chi connectivity index (χ0n) is 9.98. The highest BCUT2D eigenvalue weighted by atomic mass is 16.2. The molecule has 0 saturated heterocycles. The van der Waals surface area contributed by atoms with Crippen molar-refractivity contribution in [3.8, 4) is 0 Å². The SMILES string of the molecule is CCCNC(=O)C(=O)[C@@H](N)Cc1ccccc1. The van der Waals surface area contributed by atoms with Crippen LogP contribution in [0.2, 0.25) is 0 Å². The molecule has 4 heteroatoms. The maximum atomic E-state index is 11.6. The minimum Gasteiger partial charge on any atom is -0.349 e. The van der Waals surface area contributed by atoms with Crippen LogP contribution in [0.5, 0.6) is 0 Å². The summed E-state index contributed by atoms with van der Waals surface area (Å²) >= 11 is 0. The molecule has 1 amide bonds. The molecule has 0 aromatic heterocycles. The van der Waals surface area contributed by atoms with Crippen molar-refractivity contribution in [1.82, 2.24) is 5.32 Å². The van der Waals surface area contributed by atoms with E-state index in [1.807, 2.05) is 37.3 Å². The molecule has 1 aromatic rings. The molecule has 0 aliphatic rings. The molecule has 1 atom stereocenters. The Labute approximate surface area is 101 Å². The number of carbonyl (C=O) groups excluding carboxylic acids is 2. The number of hydrogen-bond acceptors (Lipinski definition) is 3. The number of nitrogens with two attached hydrogens (primary N) is 1. The van der Waals surface area contributed by atoms with Gasteiger partial charge in [0, 0.05) is 6.54 Å². The fourth-order valence-corrected chi connectivity index (χ4v) is 1.45. The van der Waals surface area contributed by atoms with Crippen LogP contribution in [0.4, 0.5) is 0 Å². The van der Waals surface area contributed by atoms with Gasteiger partial charge in [0.1, 0.15) is 0 Å². The second-order valence-electron chi connectivity index (χ2n) is 3.92. The third kappa shape index (κ3) is 4.36. The molecular weight excluding hydrogens is 216 g/mol. The van der Waals surface area contributed by atoms with Crippen molar-refractivity contribution < 1.29 is 9.59 Å². The van der Waals surface area contributed by atoms with E-state index >= 15 is 0 Å². The van der Waals surface area contributed by atoms with Gasteiger partial charge >= 0.3 is 0 Å². The summed E-state index contributed by atoms with van der Waals surface area (Å²) in [6.45, 7) is 2.43. The highest BCUT2D eigenvalue weighted by Gasteiger charge is 2.21. The van der Waals surface area contributed by atoms with Gasteiger partial charge in [0.2, 0.25) is 5.78 Å². The molecule has 4 nitrogen and oxygen atoms in total. The smallest absolute Gasteiger partial charge is 0.289 e. The summed E-state index contributed by atoms with van der Waals surface area (Å²) in [7, 11) is 0. The average Bonchev–Trinajstić information content (AvgIpc) is 2.36. The molecule has 0 radical (unpaired) electrons. The van der Waals surface area contributed by atoms with Crippen LogP contribution in [-0.4, -0.2) is 24.3 Å². The minimum absolute atomic E-state index is 0.388. The molecule has 0 aliphatic carbocycles. The standard InChI is InChI=1S/C13H18N2O2/c1-2-8-15-13(17)12(16)11(14)9-10-6-4-3-5-7-10/h3-7,11H,2,8-9,14H2,1H3,(H,15,17)/t11-/m0/s1. The molecule has 17 heavy (non-hydrogen) atoms. The summed E-state index contributed by atoms with van der Waals surface area (Å²) in [6.07, 6.45) is 1.19. The summed E-state index contributed by atoms with van der Waals surface area (Å²) in [5.74, 6) is -1.14. The monoisotopic (exact) mass is 234 g/mol. The predicted molar refractivity (Wildman–Crippen MR) is 66.4 cm³/mol. The number of nitrogens with one attached hydrogen (secondary N) is 1. The van der Waals surface area contributed by atoms with Gasteiger partial charge in [0.25, 0.3) is 5.91 Å². The molecule has 1 rings (SSSR count). The number of hydrogen-bond donors (Lipinski definition) is 2. The van der Waals surface area contributed by atoms with E-state index in [0.717, 1.165) is 12.0 Å². The number of carbonyl (C=O) groups is 2. The molecule has 0 saturated carbocycles. The first-order chi connectivity index (χ1) is 8.15. The molecule has 3 N–H and O–H groups in total. The lowest BCUT2D eigenvalue weighted by Crippen LogP contribution is -2.43. The lowest BCUT2D eigenvalue weighted by Gasteiger charge is -2.10. The second-order valence-corrected chi connectivity index (χ2v) is 3.92. The molecule has 92 valence electrons. The van der Waals surface area contributed by atoms with Gasteiger partial charge in [-0.25, -0.2) is 0 Å². The molecule has 0 bridgehead atoms. The van der Waals surface area contributed by atoms with E-state index in [1.54, 1.807) is 0 Å². The highest BCUT2D eigenvalue weighted by Crippen LogP contribution is 2.02. The summed E-state index contributed by atoms with van der Waals surface area (Å²) in [5.41, 5.74) is 6.67. The van der Waals surface area contributed by atoms with Crippen LogP contribution >= 0.6 is 0 Å². The molecule has 1 aromatic carbocycles. The van der Waals surface area contributed by atoms with Gasteiger partial charge in [-0.3, -0.25) is 9.59 Å². The zero-order valence-corrected chi connectivity index (χ0v) is 9.98. The highest BCUT2D eigenvalue weighted by molar-refractivity contribution is 6.38. The van der Waals surface area contributed by atoms with Gasteiger partial charge in [-0.2, -0.15) is 0 Å². The van der Waals surface area contributed by atoms with Crippen molar-refractivity contribution >= 4 is 11.7 Å². The van der Waals surface area contributed by atoms with Crippen LogP contribution < -0.4 is 11.1 Å². The Morgan fingerprint density at radius 1 is 1.29 bits per heavy atom. The third-order valence-corrected chi connectivity index (χ3v) is 2.39. The van der Waals surface area contributed by atoms with E-state index in [-0.39, 0.29) is 0 Å². The predicted octanol–water partition coefficient (Wildman–Crippen LogP) is 0.652. The van der Waals surface area contributed by atoms with E-state index in [9.17, 15) is 9.59 Å². The normalized spacial score (nSPS) is 11.9. The average molecular weight is 234 g/mol. The molecule has 0 fully saturated rings. The van der Waals surface area contributed by atoms with Crippen LogP contribution in [-0.2, 0) is 16.0 Å². The largest absolute Gasteiger partial charge is 0.349 e. The number of ketones is 1. The Morgan fingerprint density at radius 2 is 1.94 bits per heavy atom. The molecule has 0 aliphatic heterocycles.